The Bertz CT molecular complexity index is 435. The van der Waals surface area contributed by atoms with Crippen LogP contribution in [0.15, 0.2) is 24.3 Å². The lowest BCUT2D eigenvalue weighted by atomic mass is 10.1. The standard InChI is InChI=1S/C13H17N3O2/c1-10(17)11-4-6-12(7-5-11)15-13(18)16(2)9-3-8-14/h4-7,10,17H,3,9H2,1-2H3,(H,15,18). The minimum atomic E-state index is -0.520. The summed E-state index contributed by atoms with van der Waals surface area (Å²) in [5, 5.41) is 20.5. The number of aliphatic hydroxyl groups excluding tert-OH is 1. The Labute approximate surface area is 107 Å². The Hall–Kier alpha value is -2.06. The number of nitrogens with one attached hydrogen (secondary N) is 1. The lowest BCUT2D eigenvalue weighted by molar-refractivity contribution is 0.199. The summed E-state index contributed by atoms with van der Waals surface area (Å²) in [6.45, 7) is 2.08. The van der Waals surface area contributed by atoms with Crippen molar-refractivity contribution in [3.05, 3.63) is 29.8 Å². The molecule has 5 heteroatoms. The molecule has 0 radical (unpaired) electrons. The Balaban J connectivity index is 2.57. The molecule has 2 N–H and O–H groups in total. The number of anilines is 1. The number of carbonyl (C=O) groups excluding carboxylic acids is 1. The summed E-state index contributed by atoms with van der Waals surface area (Å²) >= 11 is 0. The smallest absolute Gasteiger partial charge is 0.321 e. The molecule has 0 bridgehead atoms. The van der Waals surface area contributed by atoms with Crippen molar-refractivity contribution in [2.75, 3.05) is 18.9 Å². The van der Waals surface area contributed by atoms with Gasteiger partial charge in [-0.25, -0.2) is 4.79 Å². The SMILES string of the molecule is CC(O)c1ccc(NC(=O)N(C)CCC#N)cc1. The number of nitrogens with zero attached hydrogens (tertiary/aromatic N) is 2. The van der Waals surface area contributed by atoms with E-state index in [1.807, 2.05) is 6.07 Å². The third-order valence-electron chi connectivity index (χ3n) is 2.55. The highest BCUT2D eigenvalue weighted by Crippen LogP contribution is 2.15. The van der Waals surface area contributed by atoms with Gasteiger partial charge in [0, 0.05) is 19.3 Å². The molecule has 0 saturated carbocycles. The summed E-state index contributed by atoms with van der Waals surface area (Å²) in [4.78, 5) is 13.1. The first kappa shape index (κ1) is 14.0. The molecule has 0 heterocycles. The van der Waals surface area contributed by atoms with Crippen LogP contribution in [0.2, 0.25) is 0 Å². The fraction of sp³-hybridized carbons (Fsp3) is 0.385. The number of urea groups is 1. The van der Waals surface area contributed by atoms with Crippen LogP contribution in [0.25, 0.3) is 0 Å². The maximum absolute atomic E-state index is 11.7. The van der Waals surface area contributed by atoms with Crippen LogP contribution in [0, 0.1) is 11.3 Å². The number of amides is 2. The van der Waals surface area contributed by atoms with Gasteiger partial charge in [0.2, 0.25) is 0 Å². The van der Waals surface area contributed by atoms with Gasteiger partial charge in [0.1, 0.15) is 0 Å². The molecule has 0 aliphatic heterocycles. The molecule has 18 heavy (non-hydrogen) atoms. The largest absolute Gasteiger partial charge is 0.389 e. The molecule has 1 atom stereocenters. The highest BCUT2D eigenvalue weighted by atomic mass is 16.3. The number of benzene rings is 1. The number of nitriles is 1. The first-order valence-electron chi connectivity index (χ1n) is 5.71. The third kappa shape index (κ3) is 4.07. The van der Waals surface area contributed by atoms with Crippen molar-refractivity contribution in [2.24, 2.45) is 0 Å². The second-order valence-electron chi connectivity index (χ2n) is 4.06. The van der Waals surface area contributed by atoms with Crippen LogP contribution in [0.4, 0.5) is 10.5 Å². The van der Waals surface area contributed by atoms with Crippen molar-refractivity contribution >= 4 is 11.7 Å². The maximum atomic E-state index is 11.7. The van der Waals surface area contributed by atoms with Crippen LogP contribution in [-0.4, -0.2) is 29.6 Å². The van der Waals surface area contributed by atoms with E-state index in [2.05, 4.69) is 5.32 Å². The molecular weight excluding hydrogens is 230 g/mol. The Morgan fingerprint density at radius 3 is 2.61 bits per heavy atom. The highest BCUT2D eigenvalue weighted by Gasteiger charge is 2.08. The number of hydrogen-bond acceptors (Lipinski definition) is 3. The molecule has 1 unspecified atom stereocenters. The lowest BCUT2D eigenvalue weighted by Crippen LogP contribution is -2.31. The van der Waals surface area contributed by atoms with Crippen molar-refractivity contribution in [1.82, 2.24) is 4.90 Å². The zero-order valence-corrected chi connectivity index (χ0v) is 10.6. The quantitative estimate of drug-likeness (QED) is 0.855. The second-order valence-corrected chi connectivity index (χ2v) is 4.06. The van der Waals surface area contributed by atoms with E-state index in [0.29, 0.717) is 18.7 Å². The van der Waals surface area contributed by atoms with Crippen molar-refractivity contribution in [1.29, 1.82) is 5.26 Å². The van der Waals surface area contributed by atoms with Gasteiger partial charge in [-0.15, -0.1) is 0 Å². The van der Waals surface area contributed by atoms with Gasteiger partial charge in [-0.05, 0) is 24.6 Å². The topological polar surface area (TPSA) is 76.4 Å². The van der Waals surface area contributed by atoms with E-state index in [1.165, 1.54) is 4.90 Å². The van der Waals surface area contributed by atoms with E-state index >= 15 is 0 Å². The first-order valence-corrected chi connectivity index (χ1v) is 5.71. The van der Waals surface area contributed by atoms with Gasteiger partial charge >= 0.3 is 6.03 Å². The van der Waals surface area contributed by atoms with Crippen molar-refractivity contribution in [3.63, 3.8) is 0 Å². The molecule has 5 nitrogen and oxygen atoms in total. The van der Waals surface area contributed by atoms with Crippen LogP contribution in [0.1, 0.15) is 25.0 Å². The fourth-order valence-corrected chi connectivity index (χ4v) is 1.38. The molecule has 96 valence electrons. The predicted molar refractivity (Wildman–Crippen MR) is 69.0 cm³/mol. The molecule has 2 amide bonds. The molecule has 0 aliphatic carbocycles. The van der Waals surface area contributed by atoms with Gasteiger partial charge in [0.05, 0.1) is 18.6 Å². The zero-order chi connectivity index (χ0) is 13.5. The normalized spacial score (nSPS) is 11.4. The van der Waals surface area contributed by atoms with Crippen LogP contribution in [0.5, 0.6) is 0 Å². The van der Waals surface area contributed by atoms with Gasteiger partial charge in [0.25, 0.3) is 0 Å². The van der Waals surface area contributed by atoms with Gasteiger partial charge in [-0.3, -0.25) is 0 Å². The molecule has 0 fully saturated rings. The lowest BCUT2D eigenvalue weighted by Gasteiger charge is -2.16. The van der Waals surface area contributed by atoms with Gasteiger partial charge in [-0.2, -0.15) is 5.26 Å². The minimum absolute atomic E-state index is 0.255. The summed E-state index contributed by atoms with van der Waals surface area (Å²) in [6, 6.07) is 8.72. The molecular formula is C13H17N3O2. The average Bonchev–Trinajstić information content (AvgIpc) is 2.36. The number of aliphatic hydroxyl groups is 1. The first-order chi connectivity index (χ1) is 8.54. The Morgan fingerprint density at radius 2 is 2.11 bits per heavy atom. The van der Waals surface area contributed by atoms with Crippen molar-refractivity contribution in [2.45, 2.75) is 19.4 Å². The summed E-state index contributed by atoms with van der Waals surface area (Å²) in [6.07, 6.45) is -0.210. The number of carbonyl (C=O) groups is 1. The summed E-state index contributed by atoms with van der Waals surface area (Å²) < 4.78 is 0. The van der Waals surface area contributed by atoms with Gasteiger partial charge < -0.3 is 15.3 Å². The summed E-state index contributed by atoms with van der Waals surface area (Å²) in [5.41, 5.74) is 1.46. The molecule has 0 saturated heterocycles. The second kappa shape index (κ2) is 6.62. The summed E-state index contributed by atoms with van der Waals surface area (Å²) in [7, 11) is 1.64. The average molecular weight is 247 g/mol. The van der Waals surface area contributed by atoms with Gasteiger partial charge in [-0.1, -0.05) is 12.1 Å². The van der Waals surface area contributed by atoms with Crippen molar-refractivity contribution in [3.8, 4) is 6.07 Å². The van der Waals surface area contributed by atoms with E-state index in [9.17, 15) is 9.90 Å². The van der Waals surface area contributed by atoms with E-state index in [0.717, 1.165) is 5.56 Å². The van der Waals surface area contributed by atoms with Crippen LogP contribution < -0.4 is 5.32 Å². The van der Waals surface area contributed by atoms with Crippen LogP contribution in [0.3, 0.4) is 0 Å². The molecule has 1 aromatic rings. The summed E-state index contributed by atoms with van der Waals surface area (Å²) in [5.74, 6) is 0. The molecule has 1 rings (SSSR count). The van der Waals surface area contributed by atoms with E-state index in [4.69, 9.17) is 5.26 Å². The highest BCUT2D eigenvalue weighted by molar-refractivity contribution is 5.89. The molecule has 0 spiro atoms. The monoisotopic (exact) mass is 247 g/mol. The fourth-order valence-electron chi connectivity index (χ4n) is 1.38. The van der Waals surface area contributed by atoms with E-state index < -0.39 is 6.10 Å². The third-order valence-corrected chi connectivity index (χ3v) is 2.55. The van der Waals surface area contributed by atoms with Gasteiger partial charge in [0.15, 0.2) is 0 Å². The molecule has 1 aromatic carbocycles. The minimum Gasteiger partial charge on any atom is -0.389 e. The number of rotatable bonds is 4. The number of hydrogen-bond donors (Lipinski definition) is 2. The maximum Gasteiger partial charge on any atom is 0.321 e. The molecule has 0 aliphatic rings. The predicted octanol–water partition coefficient (Wildman–Crippen LogP) is 2.12. The zero-order valence-electron chi connectivity index (χ0n) is 10.6. The Morgan fingerprint density at radius 1 is 1.50 bits per heavy atom. The molecule has 0 aromatic heterocycles. The Kier molecular flexibility index (Phi) is 5.15. The van der Waals surface area contributed by atoms with E-state index in [1.54, 1.807) is 38.2 Å². The van der Waals surface area contributed by atoms with Crippen LogP contribution in [-0.2, 0) is 0 Å². The van der Waals surface area contributed by atoms with E-state index in [-0.39, 0.29) is 6.03 Å². The van der Waals surface area contributed by atoms with Crippen LogP contribution >= 0.6 is 0 Å². The van der Waals surface area contributed by atoms with Crippen molar-refractivity contribution < 1.29 is 9.90 Å².